The number of ether oxygens (including phenoxy) is 1. The number of nitriles is 1. The van der Waals surface area contributed by atoms with Crippen LogP contribution in [0.3, 0.4) is 0 Å². The second-order valence-electron chi connectivity index (χ2n) is 7.09. The number of hydrogen-bond acceptors (Lipinski definition) is 7. The van der Waals surface area contributed by atoms with E-state index in [-0.39, 0.29) is 47.2 Å². The third kappa shape index (κ3) is 3.24. The van der Waals surface area contributed by atoms with Gasteiger partial charge in [0.2, 0.25) is 5.82 Å². The van der Waals surface area contributed by atoms with Crippen molar-refractivity contribution in [1.29, 1.82) is 5.26 Å². The Morgan fingerprint density at radius 3 is 2.67 bits per heavy atom. The summed E-state index contributed by atoms with van der Waals surface area (Å²) < 4.78 is 40.7. The van der Waals surface area contributed by atoms with Crippen molar-refractivity contribution in [2.75, 3.05) is 13.7 Å². The quantitative estimate of drug-likeness (QED) is 0.406. The lowest BCUT2D eigenvalue weighted by molar-refractivity contribution is 0.187. The average Bonchev–Trinajstić information content (AvgIpc) is 3.47. The topological polar surface area (TPSA) is 111 Å². The van der Waals surface area contributed by atoms with Crippen LogP contribution < -0.4 is 5.56 Å². The van der Waals surface area contributed by atoms with Crippen LogP contribution in [0, 0.1) is 23.0 Å². The van der Waals surface area contributed by atoms with Crippen molar-refractivity contribution in [2.45, 2.75) is 6.54 Å². The Morgan fingerprint density at radius 1 is 1.15 bits per heavy atom. The molecule has 3 heterocycles. The molecule has 0 aliphatic carbocycles. The first kappa shape index (κ1) is 20.5. The van der Waals surface area contributed by atoms with Crippen LogP contribution in [0.25, 0.3) is 39.5 Å². The Bertz CT molecular complexity index is 1610. The number of rotatable bonds is 5. The van der Waals surface area contributed by atoms with Crippen LogP contribution in [0.5, 0.6) is 0 Å². The molecule has 164 valence electrons. The van der Waals surface area contributed by atoms with Crippen molar-refractivity contribution in [3.05, 3.63) is 70.3 Å². The van der Waals surface area contributed by atoms with Gasteiger partial charge in [-0.3, -0.25) is 9.20 Å². The summed E-state index contributed by atoms with van der Waals surface area (Å²) in [5, 5.41) is 13.5. The highest BCUT2D eigenvalue weighted by Gasteiger charge is 2.23. The predicted octanol–water partition coefficient (Wildman–Crippen LogP) is 3.16. The monoisotopic (exact) mass is 448 g/mol. The van der Waals surface area contributed by atoms with Crippen LogP contribution in [-0.4, -0.2) is 37.8 Å². The van der Waals surface area contributed by atoms with Crippen LogP contribution in [0.1, 0.15) is 5.56 Å². The maximum Gasteiger partial charge on any atom is 0.277 e. The third-order valence-corrected chi connectivity index (χ3v) is 5.21. The zero-order valence-electron chi connectivity index (χ0n) is 17.1. The zero-order valence-corrected chi connectivity index (χ0v) is 17.1. The fraction of sp³-hybridized carbons (Fsp3) is 0.136. The molecule has 5 rings (SSSR count). The van der Waals surface area contributed by atoms with Crippen molar-refractivity contribution < 1.29 is 18.0 Å². The minimum absolute atomic E-state index is 0.0502. The highest BCUT2D eigenvalue weighted by atomic mass is 19.1. The average molecular weight is 448 g/mol. The fourth-order valence-electron chi connectivity index (χ4n) is 3.68. The lowest BCUT2D eigenvalue weighted by Crippen LogP contribution is -2.25. The fourth-order valence-corrected chi connectivity index (χ4v) is 3.68. The number of fused-ring (bicyclic) bond motifs is 3. The van der Waals surface area contributed by atoms with E-state index in [9.17, 15) is 18.8 Å². The van der Waals surface area contributed by atoms with Crippen LogP contribution in [-0.2, 0) is 11.3 Å². The first-order valence-electron chi connectivity index (χ1n) is 9.74. The Kier molecular flexibility index (Phi) is 4.91. The van der Waals surface area contributed by atoms with E-state index in [1.807, 2.05) is 6.07 Å². The first-order chi connectivity index (χ1) is 16.0. The van der Waals surface area contributed by atoms with Crippen LogP contribution in [0.4, 0.5) is 8.78 Å². The Hall–Kier alpha value is -4.43. The van der Waals surface area contributed by atoms with E-state index in [2.05, 4.69) is 15.1 Å². The van der Waals surface area contributed by atoms with Gasteiger partial charge >= 0.3 is 0 Å². The molecule has 33 heavy (non-hydrogen) atoms. The number of nitrogens with zero attached hydrogens (tertiary/aromatic N) is 6. The summed E-state index contributed by atoms with van der Waals surface area (Å²) in [4.78, 5) is 22.1. The van der Waals surface area contributed by atoms with E-state index in [4.69, 9.17) is 9.26 Å². The van der Waals surface area contributed by atoms with Gasteiger partial charge in [0, 0.05) is 19.2 Å². The molecule has 0 spiro atoms. The predicted molar refractivity (Wildman–Crippen MR) is 112 cm³/mol. The number of methoxy groups -OCH3 is 1. The molecule has 11 heteroatoms. The number of benzene rings is 2. The first-order valence-corrected chi connectivity index (χ1v) is 9.74. The van der Waals surface area contributed by atoms with Gasteiger partial charge in [-0.2, -0.15) is 10.2 Å². The van der Waals surface area contributed by atoms with E-state index < -0.39 is 17.2 Å². The summed E-state index contributed by atoms with van der Waals surface area (Å²) in [6.07, 6.45) is 1.38. The lowest BCUT2D eigenvalue weighted by Gasteiger charge is -2.13. The second kappa shape index (κ2) is 7.92. The summed E-state index contributed by atoms with van der Waals surface area (Å²) in [6, 6.07) is 9.96. The minimum Gasteiger partial charge on any atom is -0.383 e. The summed E-state index contributed by atoms with van der Waals surface area (Å²) in [5.41, 5.74) is 0.526. The molecule has 9 nitrogen and oxygen atoms in total. The molecule has 0 bridgehead atoms. The highest BCUT2D eigenvalue weighted by Crippen LogP contribution is 2.27. The lowest BCUT2D eigenvalue weighted by atomic mass is 10.1. The van der Waals surface area contributed by atoms with Crippen molar-refractivity contribution in [1.82, 2.24) is 24.1 Å². The molecule has 0 atom stereocenters. The van der Waals surface area contributed by atoms with Gasteiger partial charge in [-0.15, -0.1) is 0 Å². The standard InChI is InChI=1S/C22H14F2N6O3/c1-32-9-8-29-18-14(10-25)15(24)6-7-16(18)30-11-26-17(19(30)22(29)31)20-27-21(33-28-20)12-2-4-13(23)5-3-12/h2-7,11H,8-9H2,1H3. The molecule has 0 amide bonds. The third-order valence-electron chi connectivity index (χ3n) is 5.21. The van der Waals surface area contributed by atoms with Gasteiger partial charge in [-0.25, -0.2) is 13.8 Å². The van der Waals surface area contributed by atoms with Gasteiger partial charge in [0.05, 0.1) is 17.6 Å². The van der Waals surface area contributed by atoms with E-state index in [1.165, 1.54) is 52.7 Å². The van der Waals surface area contributed by atoms with E-state index in [1.54, 1.807) is 0 Å². The Balaban J connectivity index is 1.77. The molecular formula is C22H14F2N6O3. The normalized spacial score (nSPS) is 11.3. The maximum absolute atomic E-state index is 14.4. The molecule has 0 aliphatic rings. The molecular weight excluding hydrogens is 434 g/mol. The number of aromatic nitrogens is 5. The van der Waals surface area contributed by atoms with E-state index >= 15 is 0 Å². The van der Waals surface area contributed by atoms with Gasteiger partial charge < -0.3 is 13.8 Å². The highest BCUT2D eigenvalue weighted by molar-refractivity contribution is 5.87. The van der Waals surface area contributed by atoms with Gasteiger partial charge in [0.25, 0.3) is 11.4 Å². The number of halogens is 2. The summed E-state index contributed by atoms with van der Waals surface area (Å²) in [5.74, 6) is -0.970. The summed E-state index contributed by atoms with van der Waals surface area (Å²) >= 11 is 0. The van der Waals surface area contributed by atoms with Crippen LogP contribution in [0.2, 0.25) is 0 Å². The van der Waals surface area contributed by atoms with Gasteiger partial charge in [-0.05, 0) is 36.4 Å². The maximum atomic E-state index is 14.4. The van der Waals surface area contributed by atoms with Gasteiger partial charge in [-0.1, -0.05) is 5.16 Å². The smallest absolute Gasteiger partial charge is 0.277 e. The molecule has 2 aromatic carbocycles. The molecule has 0 N–H and O–H groups in total. The molecule has 0 aliphatic heterocycles. The largest absolute Gasteiger partial charge is 0.383 e. The van der Waals surface area contributed by atoms with Crippen molar-refractivity contribution in [2.24, 2.45) is 0 Å². The van der Waals surface area contributed by atoms with Crippen molar-refractivity contribution >= 4 is 16.6 Å². The summed E-state index contributed by atoms with van der Waals surface area (Å²) in [6.45, 7) is 0.241. The zero-order chi connectivity index (χ0) is 23.1. The molecule has 3 aromatic heterocycles. The summed E-state index contributed by atoms with van der Waals surface area (Å²) in [7, 11) is 1.47. The number of hydrogen-bond donors (Lipinski definition) is 0. The van der Waals surface area contributed by atoms with Gasteiger partial charge in [0.15, 0.2) is 0 Å². The Labute approximate surface area is 184 Å². The van der Waals surface area contributed by atoms with E-state index in [0.717, 1.165) is 6.07 Å². The second-order valence-corrected chi connectivity index (χ2v) is 7.09. The Morgan fingerprint density at radius 2 is 1.94 bits per heavy atom. The molecule has 0 fully saturated rings. The molecule has 0 unspecified atom stereocenters. The van der Waals surface area contributed by atoms with E-state index in [0.29, 0.717) is 11.1 Å². The number of imidazole rings is 1. The van der Waals surface area contributed by atoms with Crippen molar-refractivity contribution in [3.8, 4) is 29.0 Å². The minimum atomic E-state index is -0.739. The molecule has 0 saturated carbocycles. The molecule has 0 saturated heterocycles. The molecule has 5 aromatic rings. The molecule has 0 radical (unpaired) electrons. The van der Waals surface area contributed by atoms with Crippen molar-refractivity contribution in [3.63, 3.8) is 0 Å². The van der Waals surface area contributed by atoms with Crippen LogP contribution in [0.15, 0.2) is 52.0 Å². The van der Waals surface area contributed by atoms with Gasteiger partial charge in [0.1, 0.15) is 40.8 Å². The SMILES string of the molecule is COCCn1c(=O)c2c(-c3noc(-c4ccc(F)cc4)n3)ncn2c2ccc(F)c(C#N)c21. The van der Waals surface area contributed by atoms with Crippen LogP contribution >= 0.6 is 0 Å².